The van der Waals surface area contributed by atoms with E-state index in [4.69, 9.17) is 0 Å². The number of aromatic nitrogens is 2. The fourth-order valence-corrected chi connectivity index (χ4v) is 5.00. The number of hydrogen-bond acceptors (Lipinski definition) is 6. The number of nitrogens with one attached hydrogen (secondary N) is 2. The highest BCUT2D eigenvalue weighted by molar-refractivity contribution is 7.14. The molecule has 0 saturated carbocycles. The van der Waals surface area contributed by atoms with Crippen LogP contribution in [-0.2, 0) is 0 Å². The third kappa shape index (κ3) is 2.83. The summed E-state index contributed by atoms with van der Waals surface area (Å²) in [5.41, 5.74) is 2.05. The molecule has 1 fully saturated rings. The van der Waals surface area contributed by atoms with Crippen LogP contribution in [0.2, 0.25) is 0 Å². The van der Waals surface area contributed by atoms with Crippen LogP contribution in [0.4, 0.5) is 5.82 Å². The molecule has 7 heteroatoms. The maximum absolute atomic E-state index is 12.6. The first-order valence-electron chi connectivity index (χ1n) is 8.00. The molecule has 124 valence electrons. The number of hydrogen-bond donors (Lipinski definition) is 2. The minimum Gasteiger partial charge on any atom is -0.309 e. The Morgan fingerprint density at radius 1 is 1.38 bits per heavy atom. The summed E-state index contributed by atoms with van der Waals surface area (Å²) in [6.07, 6.45) is 2.34. The van der Waals surface area contributed by atoms with Crippen molar-refractivity contribution in [1.82, 2.24) is 14.7 Å². The van der Waals surface area contributed by atoms with Gasteiger partial charge in [0.15, 0.2) is 5.82 Å². The van der Waals surface area contributed by atoms with Crippen molar-refractivity contribution < 1.29 is 4.79 Å². The van der Waals surface area contributed by atoms with Crippen LogP contribution in [0.25, 0.3) is 10.2 Å². The summed E-state index contributed by atoms with van der Waals surface area (Å²) >= 11 is 2.88. The summed E-state index contributed by atoms with van der Waals surface area (Å²) in [5.74, 6) is 0.510. The van der Waals surface area contributed by atoms with Crippen LogP contribution in [0.15, 0.2) is 18.2 Å². The van der Waals surface area contributed by atoms with Gasteiger partial charge in [-0.15, -0.1) is 11.3 Å². The van der Waals surface area contributed by atoms with Gasteiger partial charge >= 0.3 is 0 Å². The summed E-state index contributed by atoms with van der Waals surface area (Å²) in [5, 5.41) is 7.36. The molecule has 0 radical (unpaired) electrons. The van der Waals surface area contributed by atoms with Gasteiger partial charge in [0.2, 0.25) is 0 Å². The lowest BCUT2D eigenvalue weighted by Crippen LogP contribution is -2.12. The highest BCUT2D eigenvalue weighted by Crippen LogP contribution is 2.32. The maximum atomic E-state index is 12.6. The fraction of sp³-hybridized carbons (Fsp3) is 0.353. The van der Waals surface area contributed by atoms with E-state index >= 15 is 0 Å². The average molecular weight is 358 g/mol. The van der Waals surface area contributed by atoms with Crippen LogP contribution in [0.3, 0.4) is 0 Å². The number of thiophene rings is 1. The Hall–Kier alpha value is -1.83. The summed E-state index contributed by atoms with van der Waals surface area (Å²) < 4.78 is 4.39. The third-order valence-electron chi connectivity index (χ3n) is 4.26. The number of nitrogens with zero attached hydrogens (tertiary/aromatic N) is 2. The molecule has 0 spiro atoms. The molecule has 2 N–H and O–H groups in total. The Bertz CT molecular complexity index is 909. The smallest absolute Gasteiger partial charge is 0.266 e. The van der Waals surface area contributed by atoms with Gasteiger partial charge in [0, 0.05) is 16.6 Å². The molecule has 0 aromatic carbocycles. The molecule has 24 heavy (non-hydrogen) atoms. The zero-order valence-electron chi connectivity index (χ0n) is 13.5. The van der Waals surface area contributed by atoms with Crippen LogP contribution in [0.1, 0.15) is 44.7 Å². The lowest BCUT2D eigenvalue weighted by atomic mass is 10.2. The van der Waals surface area contributed by atoms with Crippen molar-refractivity contribution in [1.29, 1.82) is 0 Å². The molecule has 1 aliphatic heterocycles. The summed E-state index contributed by atoms with van der Waals surface area (Å²) in [7, 11) is 0. The van der Waals surface area contributed by atoms with E-state index in [1.807, 2.05) is 26.0 Å². The van der Waals surface area contributed by atoms with Crippen LogP contribution in [0, 0.1) is 13.8 Å². The molecule has 1 unspecified atom stereocenters. The molecule has 4 heterocycles. The van der Waals surface area contributed by atoms with Crippen LogP contribution in [-0.4, -0.2) is 21.8 Å². The molecule has 1 aliphatic rings. The van der Waals surface area contributed by atoms with E-state index in [1.165, 1.54) is 22.8 Å². The number of carbonyl (C=O) groups excluding carboxylic acids is 1. The highest BCUT2D eigenvalue weighted by atomic mass is 32.1. The standard InChI is InChI=1S/C17H18N4OS2/c1-9-8-10(2)19-17-14(9)15(21-24-17)20-16(22)13-6-5-12(23-13)11-4-3-7-18-11/h5-6,8,11,18H,3-4,7H2,1-2H3,(H,20,21,22). The minimum absolute atomic E-state index is 0.101. The zero-order valence-corrected chi connectivity index (χ0v) is 15.2. The molecule has 3 aromatic heterocycles. The van der Waals surface area contributed by atoms with Crippen LogP contribution >= 0.6 is 22.9 Å². The van der Waals surface area contributed by atoms with Crippen molar-refractivity contribution in [3.8, 4) is 0 Å². The van der Waals surface area contributed by atoms with Crippen molar-refractivity contribution in [2.24, 2.45) is 0 Å². The van der Waals surface area contributed by atoms with Gasteiger partial charge in [-0.3, -0.25) is 4.79 Å². The number of amides is 1. The fourth-order valence-electron chi connectivity index (χ4n) is 3.14. The Morgan fingerprint density at radius 3 is 3.04 bits per heavy atom. The van der Waals surface area contributed by atoms with E-state index in [-0.39, 0.29) is 5.91 Å². The van der Waals surface area contributed by atoms with Crippen molar-refractivity contribution in [2.45, 2.75) is 32.7 Å². The number of anilines is 1. The molecule has 3 aromatic rings. The lowest BCUT2D eigenvalue weighted by Gasteiger charge is -2.06. The van der Waals surface area contributed by atoms with Crippen molar-refractivity contribution >= 4 is 44.8 Å². The summed E-state index contributed by atoms with van der Waals surface area (Å²) in [6, 6.07) is 6.37. The topological polar surface area (TPSA) is 66.9 Å². The third-order valence-corrected chi connectivity index (χ3v) is 6.20. The van der Waals surface area contributed by atoms with Crippen molar-refractivity contribution in [3.63, 3.8) is 0 Å². The Balaban J connectivity index is 1.58. The molecular formula is C17H18N4OS2. The molecular weight excluding hydrogens is 340 g/mol. The number of rotatable bonds is 3. The Labute approximate surface area is 148 Å². The second-order valence-electron chi connectivity index (χ2n) is 6.10. The van der Waals surface area contributed by atoms with Gasteiger partial charge in [0.05, 0.1) is 10.3 Å². The van der Waals surface area contributed by atoms with E-state index in [0.29, 0.717) is 11.9 Å². The van der Waals surface area contributed by atoms with Gasteiger partial charge in [-0.2, -0.15) is 4.37 Å². The molecule has 0 aliphatic carbocycles. The van der Waals surface area contributed by atoms with E-state index < -0.39 is 0 Å². The lowest BCUT2D eigenvalue weighted by molar-refractivity contribution is 0.103. The first kappa shape index (κ1) is 15.7. The van der Waals surface area contributed by atoms with Crippen molar-refractivity contribution in [2.75, 3.05) is 11.9 Å². The number of pyridine rings is 1. The molecule has 1 saturated heterocycles. The van der Waals surface area contributed by atoms with Gasteiger partial charge in [0.1, 0.15) is 4.83 Å². The van der Waals surface area contributed by atoms with Gasteiger partial charge in [-0.25, -0.2) is 4.98 Å². The highest BCUT2D eigenvalue weighted by Gasteiger charge is 2.20. The Morgan fingerprint density at radius 2 is 2.25 bits per heavy atom. The van der Waals surface area contributed by atoms with Crippen LogP contribution in [0.5, 0.6) is 0 Å². The maximum Gasteiger partial charge on any atom is 0.266 e. The SMILES string of the molecule is Cc1cc(C)c2c(NC(=O)c3ccc(C4CCCN4)s3)nsc2n1. The minimum atomic E-state index is -0.101. The monoisotopic (exact) mass is 358 g/mol. The second-order valence-corrected chi connectivity index (χ2v) is 7.96. The number of aryl methyl sites for hydroxylation is 2. The quantitative estimate of drug-likeness (QED) is 0.741. The van der Waals surface area contributed by atoms with Gasteiger partial charge < -0.3 is 10.6 Å². The predicted molar refractivity (Wildman–Crippen MR) is 99.1 cm³/mol. The molecule has 1 atom stereocenters. The summed E-state index contributed by atoms with van der Waals surface area (Å²) in [4.78, 5) is 19.9. The van der Waals surface area contributed by atoms with Crippen LogP contribution < -0.4 is 10.6 Å². The first-order valence-corrected chi connectivity index (χ1v) is 9.59. The Kier molecular flexibility index (Phi) is 4.07. The normalized spacial score (nSPS) is 17.5. The predicted octanol–water partition coefficient (Wildman–Crippen LogP) is 4.05. The van der Waals surface area contributed by atoms with E-state index in [0.717, 1.165) is 39.3 Å². The largest absolute Gasteiger partial charge is 0.309 e. The number of carbonyl (C=O) groups is 1. The average Bonchev–Trinajstić information content (AvgIpc) is 3.27. The second kappa shape index (κ2) is 6.23. The van der Waals surface area contributed by atoms with Gasteiger partial charge in [-0.05, 0) is 68.5 Å². The molecule has 5 nitrogen and oxygen atoms in total. The first-order chi connectivity index (χ1) is 11.6. The molecule has 1 amide bonds. The number of fused-ring (bicyclic) bond motifs is 1. The van der Waals surface area contributed by atoms with Gasteiger partial charge in [0.25, 0.3) is 5.91 Å². The molecule has 0 bridgehead atoms. The van der Waals surface area contributed by atoms with E-state index in [1.54, 1.807) is 11.3 Å². The summed E-state index contributed by atoms with van der Waals surface area (Å²) in [6.45, 7) is 5.05. The van der Waals surface area contributed by atoms with Gasteiger partial charge in [-0.1, -0.05) is 0 Å². The van der Waals surface area contributed by atoms with Crippen molar-refractivity contribution in [3.05, 3.63) is 39.2 Å². The van der Waals surface area contributed by atoms with E-state index in [2.05, 4.69) is 26.1 Å². The zero-order chi connectivity index (χ0) is 16.7. The van der Waals surface area contributed by atoms with E-state index in [9.17, 15) is 4.79 Å². The molecule has 4 rings (SSSR count).